The van der Waals surface area contributed by atoms with Crippen LogP contribution in [0.15, 0.2) is 48.5 Å². The molecule has 5 heteroatoms. The van der Waals surface area contributed by atoms with Gasteiger partial charge < -0.3 is 10.1 Å². The molecule has 0 saturated heterocycles. The molecular formula is C19H22N2O3. The number of likely N-dealkylation sites (N-methyl/N-ethyl adjacent to an activating group) is 1. The zero-order chi connectivity index (χ0) is 17.5. The zero-order valence-corrected chi connectivity index (χ0v) is 14.2. The number of hydrogen-bond donors (Lipinski definition) is 1. The van der Waals surface area contributed by atoms with Crippen LogP contribution in [0, 0.1) is 0 Å². The summed E-state index contributed by atoms with van der Waals surface area (Å²) in [7, 11) is 3.52. The number of anilines is 1. The van der Waals surface area contributed by atoms with Gasteiger partial charge in [0.1, 0.15) is 5.75 Å². The monoisotopic (exact) mass is 326 g/mol. The molecule has 0 unspecified atom stereocenters. The van der Waals surface area contributed by atoms with Crippen molar-refractivity contribution in [2.75, 3.05) is 26.0 Å². The number of nitrogens with zero attached hydrogens (tertiary/aromatic N) is 1. The molecule has 1 N–H and O–H groups in total. The van der Waals surface area contributed by atoms with E-state index in [-0.39, 0.29) is 18.2 Å². The lowest BCUT2D eigenvalue weighted by molar-refractivity contribution is -0.117. The number of carbonyl (C=O) groups excluding carboxylic acids is 2. The Hall–Kier alpha value is -2.66. The summed E-state index contributed by atoms with van der Waals surface area (Å²) < 4.78 is 5.20. The second-order valence-corrected chi connectivity index (χ2v) is 5.71. The first-order valence-electron chi connectivity index (χ1n) is 7.70. The molecule has 2 rings (SSSR count). The van der Waals surface area contributed by atoms with Gasteiger partial charge in [-0.15, -0.1) is 0 Å². The Kier molecular flexibility index (Phi) is 6.09. The van der Waals surface area contributed by atoms with E-state index < -0.39 is 0 Å². The highest BCUT2D eigenvalue weighted by atomic mass is 16.5. The molecule has 0 spiro atoms. The molecule has 0 fully saturated rings. The number of hydrogen-bond acceptors (Lipinski definition) is 4. The summed E-state index contributed by atoms with van der Waals surface area (Å²) in [5, 5.41) is 2.83. The molecule has 0 radical (unpaired) electrons. The van der Waals surface area contributed by atoms with Gasteiger partial charge in [-0.2, -0.15) is 0 Å². The topological polar surface area (TPSA) is 58.6 Å². The number of Topliss-reactive ketones (excluding diaryl/α,β-unsaturated/α-hetero) is 1. The van der Waals surface area contributed by atoms with Crippen LogP contribution in [-0.2, 0) is 11.3 Å². The third-order valence-corrected chi connectivity index (χ3v) is 3.58. The normalized spacial score (nSPS) is 10.5. The van der Waals surface area contributed by atoms with Crippen molar-refractivity contribution in [3.63, 3.8) is 0 Å². The summed E-state index contributed by atoms with van der Waals surface area (Å²) in [5.41, 5.74) is 2.39. The number of ether oxygens (including phenoxy) is 1. The molecule has 0 atom stereocenters. The third kappa shape index (κ3) is 5.21. The molecule has 0 aliphatic heterocycles. The van der Waals surface area contributed by atoms with Crippen molar-refractivity contribution in [1.82, 2.24) is 4.90 Å². The molecule has 2 aromatic carbocycles. The summed E-state index contributed by atoms with van der Waals surface area (Å²) in [6.45, 7) is 2.43. The van der Waals surface area contributed by atoms with Crippen molar-refractivity contribution in [2.45, 2.75) is 13.5 Å². The van der Waals surface area contributed by atoms with Gasteiger partial charge in [0, 0.05) is 17.8 Å². The van der Waals surface area contributed by atoms with Crippen LogP contribution < -0.4 is 10.1 Å². The number of nitrogens with one attached hydrogen (secondary N) is 1. The minimum atomic E-state index is -0.101. The first kappa shape index (κ1) is 17.7. The predicted octanol–water partition coefficient (Wildman–Crippen LogP) is 2.97. The Morgan fingerprint density at radius 1 is 1.12 bits per heavy atom. The summed E-state index contributed by atoms with van der Waals surface area (Å²) in [6, 6.07) is 14.6. The average molecular weight is 326 g/mol. The van der Waals surface area contributed by atoms with Crippen molar-refractivity contribution in [3.8, 4) is 5.75 Å². The summed E-state index contributed by atoms with van der Waals surface area (Å²) in [4.78, 5) is 25.3. The van der Waals surface area contributed by atoms with Gasteiger partial charge in [-0.1, -0.05) is 12.1 Å². The lowest BCUT2D eigenvalue weighted by Crippen LogP contribution is -2.29. The van der Waals surface area contributed by atoms with E-state index in [1.165, 1.54) is 6.92 Å². The lowest BCUT2D eigenvalue weighted by atomic mass is 10.1. The Morgan fingerprint density at radius 2 is 1.83 bits per heavy atom. The second kappa shape index (κ2) is 8.26. The van der Waals surface area contributed by atoms with E-state index in [2.05, 4.69) is 5.32 Å². The van der Waals surface area contributed by atoms with Crippen molar-refractivity contribution >= 4 is 17.4 Å². The van der Waals surface area contributed by atoms with E-state index in [1.54, 1.807) is 31.4 Å². The molecule has 126 valence electrons. The molecule has 1 amide bonds. The van der Waals surface area contributed by atoms with Crippen LogP contribution in [0.4, 0.5) is 5.69 Å². The van der Waals surface area contributed by atoms with Crippen LogP contribution >= 0.6 is 0 Å². The first-order valence-corrected chi connectivity index (χ1v) is 7.70. The summed E-state index contributed by atoms with van der Waals surface area (Å²) in [5.74, 6) is 0.706. The lowest BCUT2D eigenvalue weighted by Gasteiger charge is -2.17. The average Bonchev–Trinajstić information content (AvgIpc) is 2.55. The van der Waals surface area contributed by atoms with Gasteiger partial charge in [-0.05, 0) is 55.9 Å². The van der Waals surface area contributed by atoms with Crippen LogP contribution in [0.3, 0.4) is 0 Å². The van der Waals surface area contributed by atoms with Gasteiger partial charge >= 0.3 is 0 Å². The van der Waals surface area contributed by atoms with E-state index in [0.717, 1.165) is 11.3 Å². The number of ketones is 1. The van der Waals surface area contributed by atoms with E-state index in [9.17, 15) is 9.59 Å². The van der Waals surface area contributed by atoms with Crippen LogP contribution in [0.1, 0.15) is 22.8 Å². The molecule has 0 aliphatic rings. The number of rotatable bonds is 7. The zero-order valence-electron chi connectivity index (χ0n) is 14.2. The highest BCUT2D eigenvalue weighted by Crippen LogP contribution is 2.14. The Balaban J connectivity index is 1.87. The van der Waals surface area contributed by atoms with Gasteiger partial charge in [-0.3, -0.25) is 14.5 Å². The molecule has 0 saturated carbocycles. The molecule has 0 bridgehead atoms. The summed E-state index contributed by atoms with van der Waals surface area (Å²) in [6.07, 6.45) is 0. The first-order chi connectivity index (χ1) is 11.5. The van der Waals surface area contributed by atoms with Gasteiger partial charge in [-0.25, -0.2) is 0 Å². The molecule has 0 aromatic heterocycles. The number of carbonyl (C=O) groups is 2. The highest BCUT2D eigenvalue weighted by molar-refractivity contribution is 5.96. The predicted molar refractivity (Wildman–Crippen MR) is 94.4 cm³/mol. The number of amides is 1. The van der Waals surface area contributed by atoms with Crippen molar-refractivity contribution in [1.29, 1.82) is 0 Å². The molecule has 24 heavy (non-hydrogen) atoms. The van der Waals surface area contributed by atoms with Gasteiger partial charge in [0.15, 0.2) is 5.78 Å². The quantitative estimate of drug-likeness (QED) is 0.795. The Labute approximate surface area is 142 Å². The molecule has 0 aliphatic carbocycles. The third-order valence-electron chi connectivity index (χ3n) is 3.58. The minimum absolute atomic E-state index is 0.00546. The largest absolute Gasteiger partial charge is 0.497 e. The Morgan fingerprint density at radius 3 is 2.46 bits per heavy atom. The Bertz CT molecular complexity index is 711. The second-order valence-electron chi connectivity index (χ2n) is 5.71. The van der Waals surface area contributed by atoms with Gasteiger partial charge in [0.25, 0.3) is 0 Å². The fraction of sp³-hybridized carbons (Fsp3) is 0.263. The molecule has 2 aromatic rings. The van der Waals surface area contributed by atoms with Gasteiger partial charge in [0.05, 0.1) is 13.7 Å². The van der Waals surface area contributed by atoms with Crippen molar-refractivity contribution < 1.29 is 14.3 Å². The maximum absolute atomic E-state index is 12.1. The van der Waals surface area contributed by atoms with E-state index in [0.29, 0.717) is 17.8 Å². The fourth-order valence-corrected chi connectivity index (χ4v) is 2.37. The van der Waals surface area contributed by atoms with Crippen LogP contribution in [-0.4, -0.2) is 37.3 Å². The SMILES string of the molecule is COc1cccc(CN(C)CC(=O)Nc2ccc(C(C)=O)cc2)c1. The van der Waals surface area contributed by atoms with Crippen LogP contribution in [0.2, 0.25) is 0 Å². The number of methoxy groups -OCH3 is 1. The summed E-state index contributed by atoms with van der Waals surface area (Å²) >= 11 is 0. The fourth-order valence-electron chi connectivity index (χ4n) is 2.37. The standard InChI is InChI=1S/C19H22N2O3/c1-14(22)16-7-9-17(10-8-16)20-19(23)13-21(2)12-15-5-4-6-18(11-15)24-3/h4-11H,12-13H2,1-3H3,(H,20,23). The maximum atomic E-state index is 12.1. The minimum Gasteiger partial charge on any atom is -0.497 e. The van der Waals surface area contributed by atoms with E-state index in [1.807, 2.05) is 36.2 Å². The number of benzene rings is 2. The molecule has 0 heterocycles. The molecular weight excluding hydrogens is 304 g/mol. The smallest absolute Gasteiger partial charge is 0.238 e. The van der Waals surface area contributed by atoms with Gasteiger partial charge in [0.2, 0.25) is 5.91 Å². The maximum Gasteiger partial charge on any atom is 0.238 e. The van der Waals surface area contributed by atoms with E-state index in [4.69, 9.17) is 4.74 Å². The van der Waals surface area contributed by atoms with Crippen molar-refractivity contribution in [2.24, 2.45) is 0 Å². The van der Waals surface area contributed by atoms with Crippen LogP contribution in [0.5, 0.6) is 5.75 Å². The highest BCUT2D eigenvalue weighted by Gasteiger charge is 2.08. The van der Waals surface area contributed by atoms with Crippen LogP contribution in [0.25, 0.3) is 0 Å². The van der Waals surface area contributed by atoms with E-state index >= 15 is 0 Å². The molecule has 5 nitrogen and oxygen atoms in total. The van der Waals surface area contributed by atoms with Crippen molar-refractivity contribution in [3.05, 3.63) is 59.7 Å².